The van der Waals surface area contributed by atoms with Crippen LogP contribution in [0.25, 0.3) is 5.70 Å². The van der Waals surface area contributed by atoms with Crippen molar-refractivity contribution in [3.63, 3.8) is 0 Å². The third-order valence-corrected chi connectivity index (χ3v) is 4.55. The molecule has 2 aromatic carbocycles. The Morgan fingerprint density at radius 3 is 2.16 bits per heavy atom. The summed E-state index contributed by atoms with van der Waals surface area (Å²) in [4.78, 5) is 12.3. The first-order valence-electron chi connectivity index (χ1n) is 9.17. The summed E-state index contributed by atoms with van der Waals surface area (Å²) in [5, 5.41) is 9.88. The van der Waals surface area contributed by atoms with Crippen molar-refractivity contribution in [2.75, 3.05) is 24.8 Å². The van der Waals surface area contributed by atoms with Crippen LogP contribution in [0.15, 0.2) is 52.0 Å². The van der Waals surface area contributed by atoms with Gasteiger partial charge in [0.1, 0.15) is 17.3 Å². The highest BCUT2D eigenvalue weighted by atomic mass is 79.9. The van der Waals surface area contributed by atoms with Gasteiger partial charge >= 0.3 is 12.2 Å². The van der Waals surface area contributed by atoms with Crippen molar-refractivity contribution in [3.8, 4) is 5.75 Å². The zero-order valence-corrected chi connectivity index (χ0v) is 19.2. The highest BCUT2D eigenvalue weighted by molar-refractivity contribution is 9.11. The highest BCUT2D eigenvalue weighted by Gasteiger charge is 2.33. The largest absolute Gasteiger partial charge is 0.496 e. The molecule has 0 unspecified atom stereocenters. The molecular formula is C21H21BrF4N4O2. The fraction of sp³-hybridized carbons (Fsp3) is 0.238. The number of ether oxygens (including phenoxy) is 1. The highest BCUT2D eigenvalue weighted by Crippen LogP contribution is 2.35. The van der Waals surface area contributed by atoms with Crippen LogP contribution in [-0.2, 0) is 0 Å². The van der Waals surface area contributed by atoms with E-state index in [1.54, 1.807) is 19.1 Å². The van der Waals surface area contributed by atoms with Crippen LogP contribution < -0.4 is 15.4 Å². The molecule has 2 aromatic rings. The summed E-state index contributed by atoms with van der Waals surface area (Å²) in [7, 11) is 2.79. The van der Waals surface area contributed by atoms with Crippen molar-refractivity contribution in [3.05, 3.63) is 58.3 Å². The van der Waals surface area contributed by atoms with Crippen LogP contribution in [0.2, 0.25) is 0 Å². The molecule has 0 spiro atoms. The maximum atomic E-state index is 13.0. The molecule has 0 bridgehead atoms. The van der Waals surface area contributed by atoms with Crippen molar-refractivity contribution < 1.29 is 27.1 Å². The van der Waals surface area contributed by atoms with E-state index in [2.05, 4.69) is 31.7 Å². The van der Waals surface area contributed by atoms with Crippen LogP contribution in [0.4, 0.5) is 33.7 Å². The lowest BCUT2D eigenvalue weighted by molar-refractivity contribution is -0.0601. The van der Waals surface area contributed by atoms with Crippen molar-refractivity contribution in [1.82, 2.24) is 5.01 Å². The minimum Gasteiger partial charge on any atom is -0.496 e. The third-order valence-electron chi connectivity index (χ3n) is 4.17. The molecular weight excluding hydrogens is 496 g/mol. The summed E-state index contributed by atoms with van der Waals surface area (Å²) in [6.45, 7) is 2.51. The first-order chi connectivity index (χ1) is 14.9. The summed E-state index contributed by atoms with van der Waals surface area (Å²) in [5.41, 5.74) is 0.386. The molecule has 0 heterocycles. The first kappa shape index (κ1) is 25.2. The van der Waals surface area contributed by atoms with Crippen LogP contribution in [0.1, 0.15) is 19.4 Å². The van der Waals surface area contributed by atoms with Crippen molar-refractivity contribution >= 4 is 44.7 Å². The third kappa shape index (κ3) is 6.71. The van der Waals surface area contributed by atoms with E-state index in [0.717, 1.165) is 11.9 Å². The smallest absolute Gasteiger partial charge is 0.430 e. The summed E-state index contributed by atoms with van der Waals surface area (Å²) in [6.07, 6.45) is -4.58. The van der Waals surface area contributed by atoms with Gasteiger partial charge in [-0.1, -0.05) is 15.9 Å². The van der Waals surface area contributed by atoms with Gasteiger partial charge in [0.15, 0.2) is 0 Å². The second-order valence-corrected chi connectivity index (χ2v) is 7.78. The molecule has 0 radical (unpaired) electrons. The quantitative estimate of drug-likeness (QED) is 0.264. The molecule has 172 valence electrons. The number of nitrogens with one attached hydrogen (secondary N) is 2. The van der Waals surface area contributed by atoms with Gasteiger partial charge in [0.2, 0.25) is 0 Å². The number of methoxy groups -OCH3 is 1. The van der Waals surface area contributed by atoms with Crippen LogP contribution in [0, 0.1) is 5.82 Å². The number of nitrogens with zero attached hydrogens (tertiary/aromatic N) is 2. The molecule has 0 atom stereocenters. The maximum Gasteiger partial charge on any atom is 0.430 e. The SMILES string of the molecule is COc1ccc(NC(=O)Nc2ccc(F)cc2)cc1/C(=C(/C)Br)N(C)/N=C(\C)C(F)(F)F. The number of benzene rings is 2. The molecule has 2 rings (SSSR count). The van der Waals surface area contributed by atoms with E-state index in [1.165, 1.54) is 44.5 Å². The molecule has 6 nitrogen and oxygen atoms in total. The van der Waals surface area contributed by atoms with Crippen LogP contribution >= 0.6 is 15.9 Å². The number of carbonyl (C=O) groups is 1. The van der Waals surface area contributed by atoms with E-state index >= 15 is 0 Å². The molecule has 32 heavy (non-hydrogen) atoms. The number of urea groups is 1. The Hall–Kier alpha value is -3.08. The average molecular weight is 517 g/mol. The Morgan fingerprint density at radius 2 is 1.62 bits per heavy atom. The fourth-order valence-electron chi connectivity index (χ4n) is 2.71. The van der Waals surface area contributed by atoms with Gasteiger partial charge in [0.25, 0.3) is 0 Å². The second-order valence-electron chi connectivity index (χ2n) is 6.59. The molecule has 0 aromatic heterocycles. The number of alkyl halides is 3. The summed E-state index contributed by atoms with van der Waals surface area (Å²) < 4.78 is 57.7. The topological polar surface area (TPSA) is 66.0 Å². The number of hydrogen-bond acceptors (Lipinski definition) is 4. The van der Waals surface area contributed by atoms with E-state index in [-0.39, 0.29) is 0 Å². The van der Waals surface area contributed by atoms with E-state index in [1.807, 2.05) is 0 Å². The number of halogens is 5. The number of amides is 2. The molecule has 0 aliphatic rings. The fourth-order valence-corrected chi connectivity index (χ4v) is 3.18. The Kier molecular flexibility index (Phi) is 8.25. The summed E-state index contributed by atoms with van der Waals surface area (Å²) in [6, 6.07) is 9.29. The standard InChI is InChI=1S/C21H21BrF4N4O2/c1-12(22)19(30(3)29-13(2)21(24,25)26)17-11-16(9-10-18(17)32-4)28-20(31)27-15-7-5-14(23)6-8-15/h5-11H,1-4H3,(H2,27,28,31)/b19-12+,29-13+. The van der Waals surface area contributed by atoms with Crippen molar-refractivity contribution in [2.24, 2.45) is 5.10 Å². The molecule has 0 fully saturated rings. The predicted octanol–water partition coefficient (Wildman–Crippen LogP) is 6.43. The van der Waals surface area contributed by atoms with Gasteiger partial charge in [-0.3, -0.25) is 5.01 Å². The van der Waals surface area contributed by atoms with Gasteiger partial charge in [-0.2, -0.15) is 18.3 Å². The molecule has 11 heteroatoms. The first-order valence-corrected chi connectivity index (χ1v) is 9.96. The van der Waals surface area contributed by atoms with Crippen LogP contribution in [-0.4, -0.2) is 37.1 Å². The Balaban J connectivity index is 2.35. The minimum atomic E-state index is -4.58. The Morgan fingerprint density at radius 1 is 1.06 bits per heavy atom. The van der Waals surface area contributed by atoms with E-state index < -0.39 is 23.7 Å². The maximum absolute atomic E-state index is 13.0. The number of carbonyl (C=O) groups excluding carboxylic acids is 1. The van der Waals surface area contributed by atoms with E-state index in [4.69, 9.17) is 4.74 Å². The van der Waals surface area contributed by atoms with Crippen molar-refractivity contribution in [2.45, 2.75) is 20.0 Å². The molecule has 0 saturated heterocycles. The van der Waals surface area contributed by atoms with Crippen molar-refractivity contribution in [1.29, 1.82) is 0 Å². The lowest BCUT2D eigenvalue weighted by Crippen LogP contribution is -2.24. The van der Waals surface area contributed by atoms with Gasteiger partial charge in [-0.15, -0.1) is 0 Å². The Bertz CT molecular complexity index is 1030. The number of hydrazone groups is 1. The van der Waals surface area contributed by atoms with Gasteiger partial charge < -0.3 is 15.4 Å². The molecule has 0 aliphatic carbocycles. The normalized spacial score (nSPS) is 12.7. The zero-order valence-electron chi connectivity index (χ0n) is 17.6. The average Bonchev–Trinajstić information content (AvgIpc) is 2.69. The number of anilines is 2. The monoisotopic (exact) mass is 516 g/mol. The van der Waals surface area contributed by atoms with Crippen LogP contribution in [0.5, 0.6) is 5.75 Å². The molecule has 0 aliphatic heterocycles. The summed E-state index contributed by atoms with van der Waals surface area (Å²) >= 11 is 3.31. The molecule has 2 N–H and O–H groups in total. The molecule has 0 saturated carbocycles. The summed E-state index contributed by atoms with van der Waals surface area (Å²) in [5.74, 6) is -0.0808. The van der Waals surface area contributed by atoms with E-state index in [0.29, 0.717) is 32.9 Å². The zero-order chi connectivity index (χ0) is 24.1. The van der Waals surface area contributed by atoms with E-state index in [9.17, 15) is 22.4 Å². The van der Waals surface area contributed by atoms with Gasteiger partial charge in [-0.25, -0.2) is 9.18 Å². The van der Waals surface area contributed by atoms with Gasteiger partial charge in [-0.05, 0) is 56.3 Å². The minimum absolute atomic E-state index is 0.299. The lowest BCUT2D eigenvalue weighted by atomic mass is 10.1. The lowest BCUT2D eigenvalue weighted by Gasteiger charge is -2.23. The predicted molar refractivity (Wildman–Crippen MR) is 120 cm³/mol. The Labute approximate surface area is 191 Å². The molecule has 2 amide bonds. The number of allylic oxidation sites excluding steroid dienone is 1. The van der Waals surface area contributed by atoms with Gasteiger partial charge in [0, 0.05) is 28.5 Å². The second kappa shape index (κ2) is 10.5. The number of hydrogen-bond donors (Lipinski definition) is 2. The van der Waals surface area contributed by atoms with Gasteiger partial charge in [0.05, 0.1) is 12.8 Å². The van der Waals surface area contributed by atoms with Crippen LogP contribution in [0.3, 0.4) is 0 Å². The number of rotatable bonds is 6.